The third-order valence-corrected chi connectivity index (χ3v) is 4.37. The summed E-state index contributed by atoms with van der Waals surface area (Å²) in [7, 11) is 0. The Morgan fingerprint density at radius 2 is 1.96 bits per heavy atom. The zero-order chi connectivity index (χ0) is 17.1. The molecule has 2 aromatic carbocycles. The Balaban J connectivity index is 1.53. The average Bonchev–Trinajstić information content (AvgIpc) is 3.09. The normalized spacial score (nSPS) is 14.0. The number of fused-ring (bicyclic) bond motifs is 1. The predicted octanol–water partition coefficient (Wildman–Crippen LogP) is 3.64. The molecule has 0 bridgehead atoms. The second kappa shape index (κ2) is 6.78. The molecule has 0 aliphatic carbocycles. The molecule has 5 nitrogen and oxygen atoms in total. The third-order valence-electron chi connectivity index (χ3n) is 4.37. The molecule has 1 aliphatic rings. The van der Waals surface area contributed by atoms with Crippen LogP contribution >= 0.6 is 0 Å². The van der Waals surface area contributed by atoms with E-state index in [1.165, 1.54) is 0 Å². The van der Waals surface area contributed by atoms with Crippen molar-refractivity contribution < 1.29 is 4.42 Å². The summed E-state index contributed by atoms with van der Waals surface area (Å²) in [6.07, 6.45) is 3.81. The second-order valence-corrected chi connectivity index (χ2v) is 6.14. The van der Waals surface area contributed by atoms with Gasteiger partial charge in [0.15, 0.2) is 11.5 Å². The molecule has 0 saturated heterocycles. The maximum atomic E-state index is 8.90. The number of oxazole rings is 1. The number of nitrogens with zero attached hydrogens (tertiary/aromatic N) is 4. The van der Waals surface area contributed by atoms with E-state index in [1.807, 2.05) is 48.8 Å². The molecule has 1 aliphatic heterocycles. The molecule has 5 heteroatoms. The van der Waals surface area contributed by atoms with Crippen LogP contribution in [0.4, 0.5) is 0 Å². The molecule has 25 heavy (non-hydrogen) atoms. The summed E-state index contributed by atoms with van der Waals surface area (Å²) in [5, 5.41) is 8.90. The van der Waals surface area contributed by atoms with Crippen molar-refractivity contribution in [3.8, 4) is 17.2 Å². The van der Waals surface area contributed by atoms with Gasteiger partial charge in [0.05, 0.1) is 18.0 Å². The van der Waals surface area contributed by atoms with Crippen LogP contribution in [0.5, 0.6) is 0 Å². The Labute approximate surface area is 146 Å². The van der Waals surface area contributed by atoms with Crippen LogP contribution in [0.2, 0.25) is 0 Å². The van der Waals surface area contributed by atoms with Crippen LogP contribution in [0.1, 0.15) is 17.9 Å². The highest BCUT2D eigenvalue weighted by molar-refractivity contribution is 5.80. The monoisotopic (exact) mass is 330 g/mol. The van der Waals surface area contributed by atoms with Gasteiger partial charge in [0, 0.05) is 26.1 Å². The smallest absolute Gasteiger partial charge is 0.197 e. The molecule has 0 unspecified atom stereocenters. The minimum absolute atomic E-state index is 0.662. The fraction of sp³-hybridized carbons (Fsp3) is 0.250. The van der Waals surface area contributed by atoms with Gasteiger partial charge in [-0.25, -0.2) is 4.98 Å². The first-order valence-electron chi connectivity index (χ1n) is 8.46. The number of aliphatic imine (C=N–C) groups is 1. The lowest BCUT2D eigenvalue weighted by Gasteiger charge is -2.21. The Kier molecular flexibility index (Phi) is 4.17. The largest absolute Gasteiger partial charge is 0.441 e. The Morgan fingerprint density at radius 3 is 2.72 bits per heavy atom. The van der Waals surface area contributed by atoms with Crippen molar-refractivity contribution in [2.24, 2.45) is 4.99 Å². The van der Waals surface area contributed by atoms with Crippen LogP contribution < -0.4 is 0 Å². The molecule has 0 radical (unpaired) electrons. The first kappa shape index (κ1) is 15.4. The van der Waals surface area contributed by atoms with E-state index in [4.69, 9.17) is 9.68 Å². The highest BCUT2D eigenvalue weighted by Gasteiger charge is 2.10. The zero-order valence-corrected chi connectivity index (χ0v) is 13.9. The summed E-state index contributed by atoms with van der Waals surface area (Å²) >= 11 is 0. The number of hydrogen-bond donors (Lipinski definition) is 0. The molecule has 0 N–H and O–H groups in total. The van der Waals surface area contributed by atoms with Gasteiger partial charge in [0.1, 0.15) is 5.52 Å². The van der Waals surface area contributed by atoms with E-state index in [9.17, 15) is 0 Å². The highest BCUT2D eigenvalue weighted by atomic mass is 16.3. The Hall–Kier alpha value is -3.13. The molecule has 1 aromatic heterocycles. The summed E-state index contributed by atoms with van der Waals surface area (Å²) in [5.74, 6) is 0.756. The van der Waals surface area contributed by atoms with Gasteiger partial charge >= 0.3 is 0 Å². The Morgan fingerprint density at radius 1 is 1.12 bits per heavy atom. The van der Waals surface area contributed by atoms with Crippen molar-refractivity contribution in [3.63, 3.8) is 0 Å². The zero-order valence-electron chi connectivity index (χ0n) is 13.9. The molecule has 0 atom stereocenters. The number of rotatable bonds is 4. The van der Waals surface area contributed by atoms with Gasteiger partial charge in [-0.05, 0) is 41.8 Å². The molecule has 0 fully saturated rings. The summed E-state index contributed by atoms with van der Waals surface area (Å²) < 4.78 is 5.86. The second-order valence-electron chi connectivity index (χ2n) is 6.14. The molecule has 4 rings (SSSR count). The van der Waals surface area contributed by atoms with E-state index in [1.54, 1.807) is 0 Å². The van der Waals surface area contributed by atoms with Crippen LogP contribution in [-0.2, 0) is 6.42 Å². The van der Waals surface area contributed by atoms with Crippen LogP contribution in [-0.4, -0.2) is 35.9 Å². The lowest BCUT2D eigenvalue weighted by atomic mass is 10.0. The molecule has 0 spiro atoms. The van der Waals surface area contributed by atoms with E-state index in [0.29, 0.717) is 5.56 Å². The molecule has 124 valence electrons. The van der Waals surface area contributed by atoms with Crippen LogP contribution in [0.15, 0.2) is 51.9 Å². The summed E-state index contributed by atoms with van der Waals surface area (Å²) in [6.45, 7) is 2.85. The minimum atomic E-state index is 0.662. The summed E-state index contributed by atoms with van der Waals surface area (Å²) in [6, 6.07) is 15.7. The molecular formula is C20H18N4O. The number of benzene rings is 2. The topological polar surface area (TPSA) is 65.4 Å². The van der Waals surface area contributed by atoms with Gasteiger partial charge in [-0.1, -0.05) is 18.2 Å². The summed E-state index contributed by atoms with van der Waals surface area (Å²) in [4.78, 5) is 11.1. The fourth-order valence-electron chi connectivity index (χ4n) is 3.00. The van der Waals surface area contributed by atoms with Gasteiger partial charge in [0.2, 0.25) is 0 Å². The molecule has 2 heterocycles. The van der Waals surface area contributed by atoms with Crippen molar-refractivity contribution in [3.05, 3.63) is 53.9 Å². The number of aromatic nitrogens is 1. The predicted molar refractivity (Wildman–Crippen MR) is 97.4 cm³/mol. The van der Waals surface area contributed by atoms with Crippen molar-refractivity contribution in [1.82, 2.24) is 9.88 Å². The lowest BCUT2D eigenvalue weighted by Crippen LogP contribution is -2.29. The molecule has 3 aromatic rings. The van der Waals surface area contributed by atoms with Gasteiger partial charge < -0.3 is 9.32 Å². The number of nitriles is 1. The maximum absolute atomic E-state index is 8.90. The number of hydrogen-bond acceptors (Lipinski definition) is 5. The van der Waals surface area contributed by atoms with E-state index < -0.39 is 0 Å². The van der Waals surface area contributed by atoms with Crippen LogP contribution in [0, 0.1) is 11.3 Å². The average molecular weight is 330 g/mol. The van der Waals surface area contributed by atoms with Crippen molar-refractivity contribution >= 4 is 17.4 Å². The standard InChI is InChI=1S/C20H18N4O/c21-13-15-2-4-16(5-3-15)17-6-7-19-18(12-17)23-20(25-19)8-11-24-10-1-9-22-14-24/h2-7,12,14H,1,8-11H2. The van der Waals surface area contributed by atoms with Crippen molar-refractivity contribution in [2.45, 2.75) is 12.8 Å². The Bertz CT molecular complexity index is 950. The van der Waals surface area contributed by atoms with E-state index in [2.05, 4.69) is 20.9 Å². The van der Waals surface area contributed by atoms with Crippen molar-refractivity contribution in [2.75, 3.05) is 19.6 Å². The van der Waals surface area contributed by atoms with Gasteiger partial charge in [0.25, 0.3) is 0 Å². The van der Waals surface area contributed by atoms with Crippen molar-refractivity contribution in [1.29, 1.82) is 5.26 Å². The molecular weight excluding hydrogens is 312 g/mol. The lowest BCUT2D eigenvalue weighted by molar-refractivity contribution is 0.391. The van der Waals surface area contributed by atoms with E-state index in [0.717, 1.165) is 60.6 Å². The van der Waals surface area contributed by atoms with Crippen LogP contribution in [0.25, 0.3) is 22.2 Å². The van der Waals surface area contributed by atoms with E-state index in [-0.39, 0.29) is 0 Å². The minimum Gasteiger partial charge on any atom is -0.441 e. The van der Waals surface area contributed by atoms with Gasteiger partial charge in [-0.2, -0.15) is 5.26 Å². The van der Waals surface area contributed by atoms with Crippen LogP contribution in [0.3, 0.4) is 0 Å². The summed E-state index contributed by atoms with van der Waals surface area (Å²) in [5.41, 5.74) is 4.47. The molecule has 0 saturated carbocycles. The highest BCUT2D eigenvalue weighted by Crippen LogP contribution is 2.25. The SMILES string of the molecule is N#Cc1ccc(-c2ccc3oc(CCN4C=NCCC4)nc3c2)cc1. The maximum Gasteiger partial charge on any atom is 0.197 e. The first-order valence-corrected chi connectivity index (χ1v) is 8.46. The van der Waals surface area contributed by atoms with Gasteiger partial charge in [-0.15, -0.1) is 0 Å². The fourth-order valence-corrected chi connectivity index (χ4v) is 3.00. The quantitative estimate of drug-likeness (QED) is 0.732. The van der Waals surface area contributed by atoms with E-state index >= 15 is 0 Å². The third kappa shape index (κ3) is 3.38. The molecule has 0 amide bonds. The van der Waals surface area contributed by atoms with Gasteiger partial charge in [-0.3, -0.25) is 4.99 Å². The first-order chi connectivity index (χ1) is 12.3.